The molecule has 0 aliphatic carbocycles. The number of carbonyl (C=O) groups excluding carboxylic acids is 2. The van der Waals surface area contributed by atoms with Crippen molar-refractivity contribution in [3.05, 3.63) is 71.3 Å². The van der Waals surface area contributed by atoms with E-state index in [1.165, 1.54) is 44.6 Å². The molecule has 5 nitrogen and oxygen atoms in total. The maximum absolute atomic E-state index is 12.3. The highest BCUT2D eigenvalue weighted by atomic mass is 16.5. The van der Waals surface area contributed by atoms with Crippen LogP contribution >= 0.6 is 0 Å². The zero-order valence-corrected chi connectivity index (χ0v) is 22.8. The molecule has 0 aromatic heterocycles. The van der Waals surface area contributed by atoms with Gasteiger partial charge < -0.3 is 9.47 Å². The number of hydrogen-bond acceptors (Lipinski definition) is 5. The van der Waals surface area contributed by atoms with Crippen LogP contribution in [0.1, 0.15) is 100 Å². The molecule has 0 saturated heterocycles. The Morgan fingerprint density at radius 1 is 0.811 bits per heavy atom. The molecular formula is C32H43NO4. The predicted molar refractivity (Wildman–Crippen MR) is 152 cm³/mol. The fourth-order valence-electron chi connectivity index (χ4n) is 3.56. The molecule has 2 aromatic carbocycles. The van der Waals surface area contributed by atoms with E-state index in [0.29, 0.717) is 24.7 Å². The minimum atomic E-state index is -0.331. The van der Waals surface area contributed by atoms with Gasteiger partial charge in [0.25, 0.3) is 0 Å². The van der Waals surface area contributed by atoms with E-state index in [9.17, 15) is 9.59 Å². The lowest BCUT2D eigenvalue weighted by atomic mass is 10.1. The monoisotopic (exact) mass is 505 g/mol. The minimum absolute atomic E-state index is 0.279. The highest BCUT2D eigenvalue weighted by Gasteiger charge is 2.06. The van der Waals surface area contributed by atoms with Gasteiger partial charge in [-0.1, -0.05) is 96.4 Å². The van der Waals surface area contributed by atoms with Gasteiger partial charge in [0.2, 0.25) is 0 Å². The first-order valence-electron chi connectivity index (χ1n) is 13.8. The Labute approximate surface area is 223 Å². The summed E-state index contributed by atoms with van der Waals surface area (Å²) < 4.78 is 10.6. The van der Waals surface area contributed by atoms with E-state index in [4.69, 9.17) is 9.47 Å². The van der Waals surface area contributed by atoms with E-state index in [0.717, 1.165) is 36.1 Å². The summed E-state index contributed by atoms with van der Waals surface area (Å²) in [4.78, 5) is 28.5. The molecule has 0 fully saturated rings. The first kappa shape index (κ1) is 30.0. The average Bonchev–Trinajstić information content (AvgIpc) is 2.93. The van der Waals surface area contributed by atoms with Gasteiger partial charge in [0.1, 0.15) is 0 Å². The van der Waals surface area contributed by atoms with E-state index in [1.54, 1.807) is 24.4 Å². The number of hydrogen-bond donors (Lipinski definition) is 0. The van der Waals surface area contributed by atoms with Gasteiger partial charge in [-0.15, -0.1) is 0 Å². The maximum atomic E-state index is 12.3. The first-order chi connectivity index (χ1) is 18.0. The first-order valence-corrected chi connectivity index (χ1v) is 13.8. The molecule has 0 spiro atoms. The topological polar surface area (TPSA) is 65.0 Å². The van der Waals surface area contributed by atoms with Gasteiger partial charge in [-0.25, -0.2) is 9.59 Å². The molecule has 1 unspecified atom stereocenters. The van der Waals surface area contributed by atoms with Gasteiger partial charge in [-0.3, -0.25) is 4.99 Å². The molecule has 0 aliphatic rings. The Kier molecular flexibility index (Phi) is 14.7. The Bertz CT molecular complexity index is 977. The minimum Gasteiger partial charge on any atom is -0.462 e. The van der Waals surface area contributed by atoms with Crippen molar-refractivity contribution in [3.8, 4) is 0 Å². The highest BCUT2D eigenvalue weighted by Crippen LogP contribution is 2.15. The molecular weight excluding hydrogens is 462 g/mol. The van der Waals surface area contributed by atoms with Crippen LogP contribution in [0.3, 0.4) is 0 Å². The Hall–Kier alpha value is -3.21. The molecule has 0 heterocycles. The summed E-state index contributed by atoms with van der Waals surface area (Å²) in [6.07, 6.45) is 15.7. The van der Waals surface area contributed by atoms with E-state index < -0.39 is 0 Å². The molecule has 0 bridgehead atoms. The van der Waals surface area contributed by atoms with Gasteiger partial charge in [-0.2, -0.15) is 0 Å². The zero-order valence-electron chi connectivity index (χ0n) is 22.8. The molecule has 0 radical (unpaired) electrons. The third-order valence-electron chi connectivity index (χ3n) is 6.25. The van der Waals surface area contributed by atoms with Gasteiger partial charge in [-0.05, 0) is 53.8 Å². The van der Waals surface area contributed by atoms with Crippen LogP contribution in [0.5, 0.6) is 0 Å². The lowest BCUT2D eigenvalue weighted by molar-refractivity contribution is -0.138. The second-order valence-electron chi connectivity index (χ2n) is 9.56. The van der Waals surface area contributed by atoms with Crippen LogP contribution < -0.4 is 0 Å². The Balaban J connectivity index is 1.72. The number of rotatable bonds is 17. The van der Waals surface area contributed by atoms with E-state index in [1.807, 2.05) is 36.4 Å². The molecule has 5 heteroatoms. The van der Waals surface area contributed by atoms with E-state index in [2.05, 4.69) is 25.8 Å². The van der Waals surface area contributed by atoms with Gasteiger partial charge in [0.15, 0.2) is 0 Å². The summed E-state index contributed by atoms with van der Waals surface area (Å²) in [7, 11) is 0. The summed E-state index contributed by atoms with van der Waals surface area (Å²) in [6.45, 7) is 7.27. The second-order valence-corrected chi connectivity index (χ2v) is 9.56. The largest absolute Gasteiger partial charge is 0.462 e. The second kappa shape index (κ2) is 18.1. The summed E-state index contributed by atoms with van der Waals surface area (Å²) in [5, 5.41) is 0. The number of ether oxygens (including phenoxy) is 2. The number of esters is 2. The fourth-order valence-corrected chi connectivity index (χ4v) is 3.56. The summed E-state index contributed by atoms with van der Waals surface area (Å²) in [5.74, 6) is -0.245. The SMILES string of the molecule is CCCCCCCCCCOC(=O)c1ccc(C=Nc2ccc(C=CC(=O)OCC(C)CC)cc2)cc1. The standard InChI is InChI=1S/C32H43NO4/c1-4-6-7-8-9-10-11-12-23-36-32(35)29-18-13-28(14-19-29)24-33-30-20-15-27(16-21-30)17-22-31(34)37-25-26(3)5-2/h13-22,24,26H,4-12,23,25H2,1-3H3. The third kappa shape index (κ3) is 13.1. The van der Waals surface area contributed by atoms with Crippen molar-refractivity contribution in [1.29, 1.82) is 0 Å². The van der Waals surface area contributed by atoms with Gasteiger partial charge in [0, 0.05) is 12.3 Å². The molecule has 0 N–H and O–H groups in total. The van der Waals surface area contributed by atoms with Crippen LogP contribution in [0.15, 0.2) is 59.6 Å². The van der Waals surface area contributed by atoms with E-state index >= 15 is 0 Å². The normalized spacial score (nSPS) is 12.2. The maximum Gasteiger partial charge on any atom is 0.338 e. The van der Waals surface area contributed by atoms with Crippen molar-refractivity contribution in [1.82, 2.24) is 0 Å². The molecule has 2 rings (SSSR count). The zero-order chi connectivity index (χ0) is 26.7. The Morgan fingerprint density at radius 2 is 1.43 bits per heavy atom. The smallest absolute Gasteiger partial charge is 0.338 e. The molecule has 0 amide bonds. The molecule has 200 valence electrons. The van der Waals surface area contributed by atoms with Crippen molar-refractivity contribution >= 4 is 29.9 Å². The average molecular weight is 506 g/mol. The Morgan fingerprint density at radius 3 is 2.08 bits per heavy atom. The van der Waals surface area contributed by atoms with E-state index in [-0.39, 0.29) is 11.9 Å². The van der Waals surface area contributed by atoms with Crippen LogP contribution in [-0.4, -0.2) is 31.4 Å². The molecule has 0 saturated carbocycles. The van der Waals surface area contributed by atoms with Crippen LogP contribution in [0.4, 0.5) is 5.69 Å². The van der Waals surface area contributed by atoms with Crippen molar-refractivity contribution in [2.75, 3.05) is 13.2 Å². The van der Waals surface area contributed by atoms with Gasteiger partial charge >= 0.3 is 11.9 Å². The van der Waals surface area contributed by atoms with Crippen LogP contribution in [-0.2, 0) is 14.3 Å². The fraction of sp³-hybridized carbons (Fsp3) is 0.469. The number of carbonyl (C=O) groups is 2. The van der Waals surface area contributed by atoms with Gasteiger partial charge in [0.05, 0.1) is 24.5 Å². The number of unbranched alkanes of at least 4 members (excludes halogenated alkanes) is 7. The summed E-state index contributed by atoms with van der Waals surface area (Å²) in [6, 6.07) is 14.8. The summed E-state index contributed by atoms with van der Waals surface area (Å²) in [5.41, 5.74) is 3.14. The van der Waals surface area contributed by atoms with Crippen molar-refractivity contribution in [2.24, 2.45) is 10.9 Å². The van der Waals surface area contributed by atoms with Crippen molar-refractivity contribution in [3.63, 3.8) is 0 Å². The van der Waals surface area contributed by atoms with Crippen molar-refractivity contribution < 1.29 is 19.1 Å². The molecule has 1 atom stereocenters. The van der Waals surface area contributed by atoms with Crippen molar-refractivity contribution in [2.45, 2.75) is 78.6 Å². The van der Waals surface area contributed by atoms with Crippen LogP contribution in [0, 0.1) is 5.92 Å². The predicted octanol–water partition coefficient (Wildman–Crippen LogP) is 8.34. The number of aliphatic imine (C=N–C) groups is 1. The highest BCUT2D eigenvalue weighted by molar-refractivity contribution is 5.91. The number of nitrogens with zero attached hydrogens (tertiary/aromatic N) is 1. The number of benzene rings is 2. The molecule has 37 heavy (non-hydrogen) atoms. The molecule has 0 aliphatic heterocycles. The van der Waals surface area contributed by atoms with Crippen LogP contribution in [0.25, 0.3) is 6.08 Å². The molecule has 2 aromatic rings. The summed E-state index contributed by atoms with van der Waals surface area (Å²) >= 11 is 0. The van der Waals surface area contributed by atoms with Crippen LogP contribution in [0.2, 0.25) is 0 Å². The lowest BCUT2D eigenvalue weighted by Crippen LogP contribution is -2.08. The quantitative estimate of drug-likeness (QED) is 0.0938. The lowest BCUT2D eigenvalue weighted by Gasteiger charge is -2.07. The third-order valence-corrected chi connectivity index (χ3v) is 6.25.